The number of hydrogen-bond donors (Lipinski definition) is 3. The molecule has 0 fully saturated rings. The summed E-state index contributed by atoms with van der Waals surface area (Å²) in [7, 11) is 0. The maximum atomic E-state index is 11.5. The van der Waals surface area contributed by atoms with Crippen molar-refractivity contribution in [2.75, 3.05) is 13.2 Å². The third-order valence-electron chi connectivity index (χ3n) is 2.53. The lowest BCUT2D eigenvalue weighted by Gasteiger charge is -2.10. The minimum absolute atomic E-state index is 0.0941. The van der Waals surface area contributed by atoms with Crippen LogP contribution in [-0.4, -0.2) is 36.2 Å². The number of aromatic carboxylic acids is 1. The average Bonchev–Trinajstić information content (AvgIpc) is 2.43. The highest BCUT2D eigenvalue weighted by atomic mass is 16.5. The predicted octanol–water partition coefficient (Wildman–Crippen LogP) is 1.08. The van der Waals surface area contributed by atoms with Gasteiger partial charge in [0.05, 0.1) is 5.56 Å². The summed E-state index contributed by atoms with van der Waals surface area (Å²) in [5, 5.41) is 13.4. The zero-order valence-corrected chi connectivity index (χ0v) is 11.5. The van der Waals surface area contributed by atoms with Crippen LogP contribution in [0, 0.1) is 6.92 Å². The van der Waals surface area contributed by atoms with Gasteiger partial charge in [0, 0.05) is 12.1 Å². The molecule has 7 nitrogen and oxygen atoms in total. The molecule has 3 N–H and O–H groups in total. The number of amides is 3. The summed E-state index contributed by atoms with van der Waals surface area (Å²) >= 11 is 0. The lowest BCUT2D eigenvalue weighted by Crippen LogP contribution is -2.41. The van der Waals surface area contributed by atoms with E-state index >= 15 is 0 Å². The first-order valence-electron chi connectivity index (χ1n) is 6.10. The Hall–Kier alpha value is -2.83. The van der Waals surface area contributed by atoms with Crippen LogP contribution in [0.5, 0.6) is 5.75 Å². The van der Waals surface area contributed by atoms with Crippen molar-refractivity contribution in [3.63, 3.8) is 0 Å². The molecule has 3 amide bonds. The van der Waals surface area contributed by atoms with E-state index < -0.39 is 24.5 Å². The topological polar surface area (TPSA) is 105 Å². The van der Waals surface area contributed by atoms with Gasteiger partial charge in [-0.2, -0.15) is 0 Å². The Morgan fingerprint density at radius 2 is 2.10 bits per heavy atom. The van der Waals surface area contributed by atoms with Crippen LogP contribution in [0.25, 0.3) is 0 Å². The largest absolute Gasteiger partial charge is 0.483 e. The van der Waals surface area contributed by atoms with Crippen LogP contribution in [0.1, 0.15) is 15.9 Å². The highest BCUT2D eigenvalue weighted by molar-refractivity contribution is 5.95. The van der Waals surface area contributed by atoms with Gasteiger partial charge >= 0.3 is 12.0 Å². The second-order valence-electron chi connectivity index (χ2n) is 4.07. The monoisotopic (exact) mass is 292 g/mol. The van der Waals surface area contributed by atoms with Crippen molar-refractivity contribution in [3.8, 4) is 5.75 Å². The summed E-state index contributed by atoms with van der Waals surface area (Å²) in [5.41, 5.74) is 0.505. The van der Waals surface area contributed by atoms with Crippen LogP contribution in [-0.2, 0) is 4.79 Å². The van der Waals surface area contributed by atoms with Crippen LogP contribution in [0.4, 0.5) is 4.79 Å². The maximum Gasteiger partial charge on any atom is 0.336 e. The number of rotatable bonds is 6. The number of benzene rings is 1. The molecule has 1 rings (SSSR count). The number of ether oxygens (including phenoxy) is 1. The summed E-state index contributed by atoms with van der Waals surface area (Å²) < 4.78 is 5.22. The van der Waals surface area contributed by atoms with Gasteiger partial charge in [-0.1, -0.05) is 12.1 Å². The maximum absolute atomic E-state index is 11.5. The molecule has 7 heteroatoms. The molecule has 0 aliphatic carbocycles. The molecule has 1 aromatic carbocycles. The second kappa shape index (κ2) is 7.68. The number of carboxylic acids is 1. The molecule has 0 saturated carbocycles. The Morgan fingerprint density at radius 1 is 1.38 bits per heavy atom. The summed E-state index contributed by atoms with van der Waals surface area (Å²) in [6.07, 6.45) is 1.47. The number of imide groups is 1. The van der Waals surface area contributed by atoms with E-state index in [1.54, 1.807) is 13.0 Å². The van der Waals surface area contributed by atoms with Crippen LogP contribution in [0.15, 0.2) is 30.9 Å². The highest BCUT2D eigenvalue weighted by Gasteiger charge is 2.13. The summed E-state index contributed by atoms with van der Waals surface area (Å²) in [5.74, 6) is -1.44. The molecular formula is C14H16N2O5. The normalized spacial score (nSPS) is 9.57. The Labute approximate surface area is 121 Å². The van der Waals surface area contributed by atoms with Gasteiger partial charge in [0.15, 0.2) is 6.61 Å². The molecular weight excluding hydrogens is 276 g/mol. The van der Waals surface area contributed by atoms with Gasteiger partial charge in [-0.05, 0) is 19.1 Å². The molecule has 0 spiro atoms. The van der Waals surface area contributed by atoms with Crippen molar-refractivity contribution in [3.05, 3.63) is 42.0 Å². The van der Waals surface area contributed by atoms with Crippen LogP contribution in [0.2, 0.25) is 0 Å². The fourth-order valence-corrected chi connectivity index (χ4v) is 1.52. The Bertz CT molecular complexity index is 568. The smallest absolute Gasteiger partial charge is 0.336 e. The predicted molar refractivity (Wildman–Crippen MR) is 75.4 cm³/mol. The number of hydrogen-bond acceptors (Lipinski definition) is 4. The van der Waals surface area contributed by atoms with E-state index in [4.69, 9.17) is 9.84 Å². The van der Waals surface area contributed by atoms with Gasteiger partial charge in [0.25, 0.3) is 5.91 Å². The van der Waals surface area contributed by atoms with E-state index in [9.17, 15) is 14.4 Å². The summed E-state index contributed by atoms with van der Waals surface area (Å²) in [6, 6.07) is 3.85. The van der Waals surface area contributed by atoms with E-state index in [2.05, 4.69) is 17.2 Å². The zero-order valence-electron chi connectivity index (χ0n) is 11.5. The molecule has 0 saturated heterocycles. The lowest BCUT2D eigenvalue weighted by atomic mass is 10.1. The van der Waals surface area contributed by atoms with Gasteiger partial charge in [0.2, 0.25) is 0 Å². The van der Waals surface area contributed by atoms with E-state index in [0.29, 0.717) is 5.56 Å². The van der Waals surface area contributed by atoms with Crippen LogP contribution < -0.4 is 15.4 Å². The van der Waals surface area contributed by atoms with Crippen molar-refractivity contribution in [1.82, 2.24) is 10.6 Å². The summed E-state index contributed by atoms with van der Waals surface area (Å²) in [6.45, 7) is 4.84. The van der Waals surface area contributed by atoms with Gasteiger partial charge in [-0.3, -0.25) is 10.1 Å². The van der Waals surface area contributed by atoms with Gasteiger partial charge in [-0.25, -0.2) is 9.59 Å². The van der Waals surface area contributed by atoms with Crippen molar-refractivity contribution in [2.24, 2.45) is 0 Å². The standard InChI is InChI=1S/C14H16N2O5/c1-3-7-15-14(20)16-12(17)8-21-11-6-4-5-10(9(11)2)13(18)19/h3-6H,1,7-8H2,2H3,(H,18,19)(H2,15,16,17,20). The zero-order chi connectivity index (χ0) is 15.8. The first-order valence-corrected chi connectivity index (χ1v) is 6.10. The van der Waals surface area contributed by atoms with Gasteiger partial charge in [0.1, 0.15) is 5.75 Å². The number of carbonyl (C=O) groups is 3. The minimum Gasteiger partial charge on any atom is -0.483 e. The molecule has 0 aromatic heterocycles. The second-order valence-corrected chi connectivity index (χ2v) is 4.07. The number of carboxylic acid groups (broad SMARTS) is 1. The van der Waals surface area contributed by atoms with Crippen molar-refractivity contribution in [2.45, 2.75) is 6.92 Å². The fourth-order valence-electron chi connectivity index (χ4n) is 1.52. The Balaban J connectivity index is 2.57. The number of urea groups is 1. The molecule has 112 valence electrons. The quantitative estimate of drug-likeness (QED) is 0.681. The first-order chi connectivity index (χ1) is 9.95. The fraction of sp³-hybridized carbons (Fsp3) is 0.214. The van der Waals surface area contributed by atoms with Crippen LogP contribution >= 0.6 is 0 Å². The van der Waals surface area contributed by atoms with Gasteiger partial charge in [-0.15, -0.1) is 6.58 Å². The molecule has 0 atom stereocenters. The molecule has 0 radical (unpaired) electrons. The van der Waals surface area contributed by atoms with Gasteiger partial charge < -0.3 is 15.2 Å². The number of nitrogens with one attached hydrogen (secondary N) is 2. The summed E-state index contributed by atoms with van der Waals surface area (Å²) in [4.78, 5) is 33.7. The van der Waals surface area contributed by atoms with E-state index in [1.807, 2.05) is 0 Å². The third-order valence-corrected chi connectivity index (χ3v) is 2.53. The minimum atomic E-state index is -1.08. The van der Waals surface area contributed by atoms with E-state index in [-0.39, 0.29) is 17.9 Å². The third kappa shape index (κ3) is 4.98. The van der Waals surface area contributed by atoms with E-state index in [1.165, 1.54) is 18.2 Å². The molecule has 0 unspecified atom stereocenters. The van der Waals surface area contributed by atoms with E-state index in [0.717, 1.165) is 0 Å². The van der Waals surface area contributed by atoms with Crippen LogP contribution in [0.3, 0.4) is 0 Å². The molecule has 0 aliphatic rings. The molecule has 0 heterocycles. The van der Waals surface area contributed by atoms with Crippen molar-refractivity contribution in [1.29, 1.82) is 0 Å². The lowest BCUT2D eigenvalue weighted by molar-refractivity contribution is -0.122. The Kier molecular flexibility index (Phi) is 5.94. The average molecular weight is 292 g/mol. The first kappa shape index (κ1) is 16.2. The molecule has 21 heavy (non-hydrogen) atoms. The SMILES string of the molecule is C=CCNC(=O)NC(=O)COc1cccc(C(=O)O)c1C. The number of carbonyl (C=O) groups excluding carboxylic acids is 2. The Morgan fingerprint density at radius 3 is 2.71 bits per heavy atom. The highest BCUT2D eigenvalue weighted by Crippen LogP contribution is 2.21. The van der Waals surface area contributed by atoms with Crippen molar-refractivity contribution >= 4 is 17.9 Å². The molecule has 1 aromatic rings. The molecule has 0 aliphatic heterocycles. The molecule has 0 bridgehead atoms. The van der Waals surface area contributed by atoms with Crippen molar-refractivity contribution < 1.29 is 24.2 Å².